The summed E-state index contributed by atoms with van der Waals surface area (Å²) in [6, 6.07) is 3.44. The van der Waals surface area contributed by atoms with E-state index >= 15 is 0 Å². The molecule has 0 atom stereocenters. The first-order valence-electron chi connectivity index (χ1n) is 5.54. The number of aromatic nitrogens is 1. The van der Waals surface area contributed by atoms with Crippen LogP contribution >= 0.6 is 0 Å². The Morgan fingerprint density at radius 1 is 1.35 bits per heavy atom. The smallest absolute Gasteiger partial charge is 0.229 e. The van der Waals surface area contributed by atoms with E-state index in [0.29, 0.717) is 11.6 Å². The van der Waals surface area contributed by atoms with Crippen molar-refractivity contribution in [1.82, 2.24) is 4.98 Å². The van der Waals surface area contributed by atoms with E-state index < -0.39 is 10.0 Å². The Hall–Kier alpha value is -1.30. The molecule has 6 heteroatoms. The summed E-state index contributed by atoms with van der Waals surface area (Å²) < 4.78 is 24.3. The number of nitrogens with zero attached hydrogens (tertiary/aromatic N) is 1. The highest BCUT2D eigenvalue weighted by atomic mass is 32.2. The number of sulfonamides is 1. The zero-order valence-electron chi connectivity index (χ0n) is 10.4. The van der Waals surface area contributed by atoms with Crippen LogP contribution in [0.5, 0.6) is 0 Å². The number of pyridine rings is 1. The second kappa shape index (κ2) is 5.86. The second-order valence-electron chi connectivity index (χ2n) is 4.42. The zero-order chi connectivity index (χ0) is 12.9. The van der Waals surface area contributed by atoms with Crippen LogP contribution in [0.25, 0.3) is 0 Å². The molecule has 0 fully saturated rings. The predicted octanol–water partition coefficient (Wildman–Crippen LogP) is 1.91. The molecule has 0 unspecified atom stereocenters. The number of anilines is 2. The van der Waals surface area contributed by atoms with Gasteiger partial charge in [-0.25, -0.2) is 13.4 Å². The van der Waals surface area contributed by atoms with Crippen molar-refractivity contribution in [3.05, 3.63) is 18.3 Å². The van der Waals surface area contributed by atoms with Gasteiger partial charge in [0.15, 0.2) is 0 Å². The summed E-state index contributed by atoms with van der Waals surface area (Å²) in [7, 11) is -3.23. The first kappa shape index (κ1) is 13.8. The van der Waals surface area contributed by atoms with Crippen LogP contribution in [0.15, 0.2) is 18.3 Å². The van der Waals surface area contributed by atoms with Gasteiger partial charge in [-0.1, -0.05) is 13.8 Å². The summed E-state index contributed by atoms with van der Waals surface area (Å²) in [4.78, 5) is 4.12. The van der Waals surface area contributed by atoms with Crippen molar-refractivity contribution in [1.29, 1.82) is 0 Å². The van der Waals surface area contributed by atoms with Crippen LogP contribution in [0.4, 0.5) is 11.5 Å². The van der Waals surface area contributed by atoms with Crippen LogP contribution < -0.4 is 10.0 Å². The summed E-state index contributed by atoms with van der Waals surface area (Å²) in [6.07, 6.45) is 3.69. The first-order valence-corrected chi connectivity index (χ1v) is 7.43. The van der Waals surface area contributed by atoms with Crippen molar-refractivity contribution >= 4 is 21.5 Å². The summed E-state index contributed by atoms with van der Waals surface area (Å²) in [6.45, 7) is 5.19. The Labute approximate surface area is 103 Å². The number of hydrogen-bond donors (Lipinski definition) is 2. The van der Waals surface area contributed by atoms with Gasteiger partial charge in [0.2, 0.25) is 10.0 Å². The molecular formula is C11H19N3O2S. The van der Waals surface area contributed by atoms with Crippen molar-refractivity contribution < 1.29 is 8.42 Å². The number of hydrogen-bond acceptors (Lipinski definition) is 4. The average molecular weight is 257 g/mol. The summed E-state index contributed by atoms with van der Waals surface area (Å²) in [5.74, 6) is 1.40. The van der Waals surface area contributed by atoms with E-state index in [4.69, 9.17) is 0 Å². The van der Waals surface area contributed by atoms with E-state index in [1.54, 1.807) is 12.1 Å². The molecular weight excluding hydrogens is 238 g/mol. The van der Waals surface area contributed by atoms with Gasteiger partial charge in [0.25, 0.3) is 0 Å². The molecule has 5 nitrogen and oxygen atoms in total. The van der Waals surface area contributed by atoms with Gasteiger partial charge in [0.1, 0.15) is 5.82 Å². The molecule has 0 saturated carbocycles. The minimum Gasteiger partial charge on any atom is -0.370 e. The van der Waals surface area contributed by atoms with Crippen LogP contribution in [-0.4, -0.2) is 26.2 Å². The summed E-state index contributed by atoms with van der Waals surface area (Å²) >= 11 is 0. The largest absolute Gasteiger partial charge is 0.370 e. The minimum absolute atomic E-state index is 0.474. The standard InChI is InChI=1S/C11H19N3O2S/c1-9(2)6-7-12-11-5-4-10(8-13-11)14-17(3,15)16/h4-5,8-9,14H,6-7H2,1-3H3,(H,12,13). The molecule has 0 amide bonds. The van der Waals surface area contributed by atoms with E-state index in [2.05, 4.69) is 28.9 Å². The fraction of sp³-hybridized carbons (Fsp3) is 0.545. The maximum absolute atomic E-state index is 11.0. The van der Waals surface area contributed by atoms with E-state index in [0.717, 1.165) is 25.0 Å². The molecule has 0 bridgehead atoms. The fourth-order valence-electron chi connectivity index (χ4n) is 1.26. The van der Waals surface area contributed by atoms with Gasteiger partial charge in [0, 0.05) is 6.54 Å². The van der Waals surface area contributed by atoms with Crippen LogP contribution in [0, 0.1) is 5.92 Å². The van der Waals surface area contributed by atoms with Gasteiger partial charge in [-0.15, -0.1) is 0 Å². The van der Waals surface area contributed by atoms with Gasteiger partial charge < -0.3 is 5.32 Å². The molecule has 96 valence electrons. The summed E-state index contributed by atoms with van der Waals surface area (Å²) in [5, 5.41) is 3.18. The van der Waals surface area contributed by atoms with Crippen LogP contribution in [0.3, 0.4) is 0 Å². The highest BCUT2D eigenvalue weighted by Gasteiger charge is 2.02. The molecule has 1 aromatic rings. The Morgan fingerprint density at radius 2 is 2.06 bits per heavy atom. The maximum atomic E-state index is 11.0. The first-order chi connectivity index (χ1) is 7.87. The predicted molar refractivity (Wildman–Crippen MR) is 70.6 cm³/mol. The van der Waals surface area contributed by atoms with Crippen LogP contribution in [0.1, 0.15) is 20.3 Å². The molecule has 1 rings (SSSR count). The third kappa shape index (κ3) is 6.11. The Bertz CT molecular complexity index is 440. The number of rotatable bonds is 6. The van der Waals surface area contributed by atoms with Gasteiger partial charge in [-0.05, 0) is 24.5 Å². The highest BCUT2D eigenvalue weighted by Crippen LogP contribution is 2.11. The molecule has 0 spiro atoms. The maximum Gasteiger partial charge on any atom is 0.229 e. The molecule has 17 heavy (non-hydrogen) atoms. The van der Waals surface area contributed by atoms with Gasteiger partial charge in [-0.2, -0.15) is 0 Å². The van der Waals surface area contributed by atoms with Gasteiger partial charge in [0.05, 0.1) is 18.1 Å². The SMILES string of the molecule is CC(C)CCNc1ccc(NS(C)(=O)=O)cn1. The van der Waals surface area contributed by atoms with Crippen molar-refractivity contribution in [3.63, 3.8) is 0 Å². The van der Waals surface area contributed by atoms with Crippen molar-refractivity contribution in [3.8, 4) is 0 Å². The minimum atomic E-state index is -3.23. The molecule has 0 saturated heterocycles. The lowest BCUT2D eigenvalue weighted by Crippen LogP contribution is -2.10. The lowest BCUT2D eigenvalue weighted by Gasteiger charge is -2.08. The normalized spacial score (nSPS) is 11.5. The van der Waals surface area contributed by atoms with Crippen LogP contribution in [0.2, 0.25) is 0 Å². The molecule has 0 aliphatic rings. The van der Waals surface area contributed by atoms with Crippen LogP contribution in [-0.2, 0) is 10.0 Å². The molecule has 1 heterocycles. The average Bonchev–Trinajstić information content (AvgIpc) is 2.18. The third-order valence-electron chi connectivity index (χ3n) is 2.09. The molecule has 0 aromatic carbocycles. The monoisotopic (exact) mass is 257 g/mol. The van der Waals surface area contributed by atoms with Crippen molar-refractivity contribution in [2.75, 3.05) is 22.8 Å². The number of nitrogens with one attached hydrogen (secondary N) is 2. The molecule has 2 N–H and O–H groups in total. The third-order valence-corrected chi connectivity index (χ3v) is 2.70. The topological polar surface area (TPSA) is 71.1 Å². The van der Waals surface area contributed by atoms with E-state index in [-0.39, 0.29) is 0 Å². The molecule has 0 aliphatic heterocycles. The van der Waals surface area contributed by atoms with Crippen molar-refractivity contribution in [2.24, 2.45) is 5.92 Å². The Balaban J connectivity index is 2.50. The molecule has 0 radical (unpaired) electrons. The summed E-state index contributed by atoms with van der Waals surface area (Å²) in [5.41, 5.74) is 0.474. The van der Waals surface area contributed by atoms with Crippen molar-refractivity contribution in [2.45, 2.75) is 20.3 Å². The Morgan fingerprint density at radius 3 is 2.53 bits per heavy atom. The zero-order valence-corrected chi connectivity index (χ0v) is 11.2. The Kier molecular flexibility index (Phi) is 4.74. The van der Waals surface area contributed by atoms with Gasteiger partial charge >= 0.3 is 0 Å². The highest BCUT2D eigenvalue weighted by molar-refractivity contribution is 7.92. The molecule has 0 aliphatic carbocycles. The fourth-order valence-corrected chi connectivity index (χ4v) is 1.81. The van der Waals surface area contributed by atoms with E-state index in [1.807, 2.05) is 0 Å². The van der Waals surface area contributed by atoms with Gasteiger partial charge in [-0.3, -0.25) is 4.72 Å². The molecule has 1 aromatic heterocycles. The lowest BCUT2D eigenvalue weighted by atomic mass is 10.1. The van der Waals surface area contributed by atoms with E-state index in [9.17, 15) is 8.42 Å². The second-order valence-corrected chi connectivity index (χ2v) is 6.16. The lowest BCUT2D eigenvalue weighted by molar-refractivity contribution is 0.606. The van der Waals surface area contributed by atoms with E-state index in [1.165, 1.54) is 6.20 Å². The quantitative estimate of drug-likeness (QED) is 0.816.